The fourth-order valence-electron chi connectivity index (χ4n) is 3.37. The van der Waals surface area contributed by atoms with Gasteiger partial charge in [-0.05, 0) is 37.5 Å². The van der Waals surface area contributed by atoms with Crippen molar-refractivity contribution in [2.75, 3.05) is 12.3 Å². The van der Waals surface area contributed by atoms with Crippen molar-refractivity contribution in [3.63, 3.8) is 0 Å². The molecule has 1 aliphatic heterocycles. The Morgan fingerprint density at radius 1 is 1.19 bits per heavy atom. The van der Waals surface area contributed by atoms with Crippen LogP contribution in [-0.2, 0) is 25.6 Å². The number of rotatable bonds is 9. The van der Waals surface area contributed by atoms with Crippen LogP contribution < -0.4 is 16.4 Å². The normalized spacial score (nSPS) is 18.7. The van der Waals surface area contributed by atoms with Crippen molar-refractivity contribution in [3.05, 3.63) is 29.8 Å². The van der Waals surface area contributed by atoms with E-state index < -0.39 is 42.0 Å². The molecule has 3 amide bonds. The summed E-state index contributed by atoms with van der Waals surface area (Å²) in [6, 6.07) is 2.25. The molecule has 1 aromatic rings. The molecule has 1 aliphatic rings. The lowest BCUT2D eigenvalue weighted by atomic mass is 10.0. The number of nitrogens with two attached hydrogens (primary N) is 1. The lowest BCUT2D eigenvalue weighted by molar-refractivity contribution is -0.142. The van der Waals surface area contributed by atoms with E-state index in [0.29, 0.717) is 24.9 Å². The number of phenols is 1. The molecule has 4 atom stereocenters. The van der Waals surface area contributed by atoms with Gasteiger partial charge < -0.3 is 31.5 Å². The fourth-order valence-corrected chi connectivity index (χ4v) is 3.61. The number of benzene rings is 1. The van der Waals surface area contributed by atoms with Crippen molar-refractivity contribution < 1.29 is 29.4 Å². The van der Waals surface area contributed by atoms with Gasteiger partial charge in [-0.15, -0.1) is 0 Å². The van der Waals surface area contributed by atoms with Gasteiger partial charge in [0.15, 0.2) is 0 Å². The number of carbonyl (C=O) groups is 4. The van der Waals surface area contributed by atoms with Crippen LogP contribution >= 0.6 is 12.6 Å². The smallest absolute Gasteiger partial charge is 0.327 e. The number of hydrogen-bond acceptors (Lipinski definition) is 7. The molecule has 1 aromatic carbocycles. The third-order valence-corrected chi connectivity index (χ3v) is 5.40. The van der Waals surface area contributed by atoms with E-state index in [9.17, 15) is 29.4 Å². The minimum Gasteiger partial charge on any atom is -0.508 e. The maximum Gasteiger partial charge on any atom is 0.327 e. The number of aromatic hydroxyl groups is 1. The van der Waals surface area contributed by atoms with E-state index in [2.05, 4.69) is 23.3 Å². The highest BCUT2D eigenvalue weighted by Crippen LogP contribution is 2.19. The fraction of sp³-hybridized carbons (Fsp3) is 0.500. The molecule has 0 bridgehead atoms. The second kappa shape index (κ2) is 11.0. The molecule has 0 saturated carbocycles. The van der Waals surface area contributed by atoms with Crippen LogP contribution in [0.1, 0.15) is 25.3 Å². The second-order valence-corrected chi connectivity index (χ2v) is 7.86. The van der Waals surface area contributed by atoms with Crippen LogP contribution in [0.5, 0.6) is 5.75 Å². The monoisotopic (exact) mass is 452 g/mol. The van der Waals surface area contributed by atoms with Gasteiger partial charge in [0, 0.05) is 18.7 Å². The molecule has 6 N–H and O–H groups in total. The number of phenolic OH excluding ortho intramolecular Hbond substituents is 1. The number of carboxylic acids is 1. The number of likely N-dealkylation sites (tertiary alicyclic amines) is 1. The van der Waals surface area contributed by atoms with Gasteiger partial charge >= 0.3 is 5.97 Å². The Hall–Kier alpha value is -2.79. The van der Waals surface area contributed by atoms with Gasteiger partial charge in [-0.2, -0.15) is 12.6 Å². The maximum absolute atomic E-state index is 12.9. The molecule has 31 heavy (non-hydrogen) atoms. The average Bonchev–Trinajstić information content (AvgIpc) is 3.21. The van der Waals surface area contributed by atoms with Crippen molar-refractivity contribution in [3.8, 4) is 5.75 Å². The quantitative estimate of drug-likeness (QED) is 0.269. The third kappa shape index (κ3) is 6.59. The number of carbonyl (C=O) groups excluding carboxylic acids is 3. The van der Waals surface area contributed by atoms with Gasteiger partial charge in [0.25, 0.3) is 0 Å². The lowest BCUT2D eigenvalue weighted by Crippen LogP contribution is -2.57. The van der Waals surface area contributed by atoms with Crippen LogP contribution in [0.3, 0.4) is 0 Å². The molecule has 10 nitrogen and oxygen atoms in total. The van der Waals surface area contributed by atoms with E-state index in [4.69, 9.17) is 5.73 Å². The zero-order chi connectivity index (χ0) is 23.1. The van der Waals surface area contributed by atoms with E-state index in [-0.39, 0.29) is 23.8 Å². The number of thiol groups is 1. The summed E-state index contributed by atoms with van der Waals surface area (Å²) in [5.74, 6) is -2.87. The van der Waals surface area contributed by atoms with E-state index >= 15 is 0 Å². The van der Waals surface area contributed by atoms with Crippen LogP contribution in [0.25, 0.3) is 0 Å². The molecule has 1 saturated heterocycles. The number of nitrogens with one attached hydrogen (secondary N) is 2. The van der Waals surface area contributed by atoms with Crippen LogP contribution in [-0.4, -0.2) is 75.3 Å². The highest BCUT2D eigenvalue weighted by atomic mass is 32.1. The summed E-state index contributed by atoms with van der Waals surface area (Å²) in [7, 11) is 0. The Bertz CT molecular complexity index is 816. The van der Waals surface area contributed by atoms with Crippen molar-refractivity contribution >= 4 is 36.3 Å². The first-order valence-electron chi connectivity index (χ1n) is 9.92. The van der Waals surface area contributed by atoms with Crippen molar-refractivity contribution in [2.24, 2.45) is 5.73 Å². The second-order valence-electron chi connectivity index (χ2n) is 7.49. The van der Waals surface area contributed by atoms with Crippen molar-refractivity contribution in [1.82, 2.24) is 15.5 Å². The van der Waals surface area contributed by atoms with Gasteiger partial charge in [0.2, 0.25) is 17.7 Å². The number of aliphatic carboxylic acids is 1. The summed E-state index contributed by atoms with van der Waals surface area (Å²) in [5.41, 5.74) is 6.31. The zero-order valence-corrected chi connectivity index (χ0v) is 18.0. The minimum atomic E-state index is -1.25. The van der Waals surface area contributed by atoms with Gasteiger partial charge in [0.05, 0.1) is 6.04 Å². The molecule has 0 aliphatic carbocycles. The Balaban J connectivity index is 2.19. The molecule has 1 heterocycles. The Morgan fingerprint density at radius 3 is 2.39 bits per heavy atom. The molecule has 0 spiro atoms. The molecule has 2 rings (SSSR count). The Labute approximate surface area is 185 Å². The molecule has 1 fully saturated rings. The first-order chi connectivity index (χ1) is 14.6. The van der Waals surface area contributed by atoms with Crippen molar-refractivity contribution in [2.45, 2.75) is 50.4 Å². The topological polar surface area (TPSA) is 162 Å². The van der Waals surface area contributed by atoms with Gasteiger partial charge in [-0.3, -0.25) is 14.4 Å². The molecule has 11 heteroatoms. The minimum absolute atomic E-state index is 0.0471. The lowest BCUT2D eigenvalue weighted by Gasteiger charge is -2.28. The van der Waals surface area contributed by atoms with Crippen molar-refractivity contribution in [1.29, 1.82) is 0 Å². The van der Waals surface area contributed by atoms with Crippen LogP contribution in [0.2, 0.25) is 0 Å². The first-order valence-corrected chi connectivity index (χ1v) is 10.6. The summed E-state index contributed by atoms with van der Waals surface area (Å²) < 4.78 is 0. The molecule has 0 aromatic heterocycles. The Kier molecular flexibility index (Phi) is 8.69. The highest BCUT2D eigenvalue weighted by molar-refractivity contribution is 7.80. The molecule has 0 radical (unpaired) electrons. The van der Waals surface area contributed by atoms with Crippen LogP contribution in [0.15, 0.2) is 24.3 Å². The van der Waals surface area contributed by atoms with E-state index in [0.717, 1.165) is 0 Å². The molecule has 170 valence electrons. The Morgan fingerprint density at radius 2 is 1.84 bits per heavy atom. The number of nitrogens with zero attached hydrogens (tertiary/aromatic N) is 1. The van der Waals surface area contributed by atoms with E-state index in [1.165, 1.54) is 17.0 Å². The third-order valence-electron chi connectivity index (χ3n) is 5.03. The van der Waals surface area contributed by atoms with Gasteiger partial charge in [-0.25, -0.2) is 4.79 Å². The standard InChI is InChI=1S/C20H28N4O6S/c1-11(21)19(28)24-8-2-3-16(24)18(27)22-14(9-12-4-6-13(25)7-5-12)17(26)23-15(10-31)20(29)30/h4-7,11,14-16,25,31H,2-3,8-10,21H2,1H3,(H,22,27)(H,23,26)(H,29,30). The van der Waals surface area contributed by atoms with E-state index in [1.54, 1.807) is 19.1 Å². The predicted molar refractivity (Wildman–Crippen MR) is 116 cm³/mol. The zero-order valence-electron chi connectivity index (χ0n) is 17.2. The molecular weight excluding hydrogens is 424 g/mol. The predicted octanol–water partition coefficient (Wildman–Crippen LogP) is -0.743. The average molecular weight is 453 g/mol. The number of carboxylic acid groups (broad SMARTS) is 1. The van der Waals surface area contributed by atoms with Crippen LogP contribution in [0.4, 0.5) is 0 Å². The summed E-state index contributed by atoms with van der Waals surface area (Å²) in [6.45, 7) is 1.94. The first kappa shape index (κ1) is 24.5. The SMILES string of the molecule is CC(N)C(=O)N1CCCC1C(=O)NC(Cc1ccc(O)cc1)C(=O)NC(CS)C(=O)O. The summed E-state index contributed by atoms with van der Waals surface area (Å²) in [4.78, 5) is 50.7. The molecule has 4 unspecified atom stereocenters. The maximum atomic E-state index is 12.9. The van der Waals surface area contributed by atoms with E-state index in [1.807, 2.05) is 0 Å². The number of hydrogen-bond donors (Lipinski definition) is 6. The summed E-state index contributed by atoms with van der Waals surface area (Å²) in [6.07, 6.45) is 1.13. The van der Waals surface area contributed by atoms with Gasteiger partial charge in [-0.1, -0.05) is 12.1 Å². The number of amides is 3. The molecular formula is C20H28N4O6S. The van der Waals surface area contributed by atoms with Crippen LogP contribution in [0, 0.1) is 0 Å². The highest BCUT2D eigenvalue weighted by Gasteiger charge is 2.37. The largest absolute Gasteiger partial charge is 0.508 e. The summed E-state index contributed by atoms with van der Waals surface area (Å²) >= 11 is 3.94. The van der Waals surface area contributed by atoms with Gasteiger partial charge in [0.1, 0.15) is 23.9 Å². The summed E-state index contributed by atoms with van der Waals surface area (Å²) in [5, 5.41) is 23.7.